The van der Waals surface area contributed by atoms with Gasteiger partial charge in [-0.3, -0.25) is 9.59 Å². The molecule has 2 aromatic heterocycles. The molecule has 1 aromatic carbocycles. The molecule has 0 radical (unpaired) electrons. The summed E-state index contributed by atoms with van der Waals surface area (Å²) in [5.41, 5.74) is 2.42. The molecule has 2 aliphatic heterocycles. The third kappa shape index (κ3) is 3.17. The monoisotopic (exact) mass is 420 g/mol. The van der Waals surface area contributed by atoms with Crippen LogP contribution in [-0.4, -0.2) is 44.3 Å². The van der Waals surface area contributed by atoms with Gasteiger partial charge in [0.25, 0.3) is 11.5 Å². The Balaban J connectivity index is 1.45. The summed E-state index contributed by atoms with van der Waals surface area (Å²) in [5, 5.41) is 0. The summed E-state index contributed by atoms with van der Waals surface area (Å²) in [6.07, 6.45) is 6.60. The minimum Gasteiger partial charge on any atom is -0.338 e. The van der Waals surface area contributed by atoms with E-state index in [1.54, 1.807) is 18.0 Å². The van der Waals surface area contributed by atoms with Crippen molar-refractivity contribution in [1.82, 2.24) is 19.0 Å². The number of aromatic nitrogens is 3. The summed E-state index contributed by atoms with van der Waals surface area (Å²) in [4.78, 5) is 33.8. The molecule has 3 aromatic rings. The SMILES string of the molecule is CSc1cccc(C(=O)N2C[C@@H]3C[C@H](C2)c2ccc(-c4nccn4C)c(=O)n2C3)c1. The third-order valence-corrected chi connectivity index (χ3v) is 7.00. The Morgan fingerprint density at radius 2 is 2.03 bits per heavy atom. The van der Waals surface area contributed by atoms with Gasteiger partial charge in [-0.05, 0) is 48.9 Å². The number of carbonyl (C=O) groups excluding carboxylic acids is 1. The van der Waals surface area contributed by atoms with Gasteiger partial charge in [-0.15, -0.1) is 11.8 Å². The molecule has 30 heavy (non-hydrogen) atoms. The molecule has 0 aliphatic carbocycles. The molecule has 0 spiro atoms. The number of nitrogens with zero attached hydrogens (tertiary/aromatic N) is 4. The number of carbonyl (C=O) groups is 1. The molecule has 0 unspecified atom stereocenters. The first-order valence-corrected chi connectivity index (χ1v) is 11.4. The van der Waals surface area contributed by atoms with Gasteiger partial charge in [-0.25, -0.2) is 4.98 Å². The van der Waals surface area contributed by atoms with E-state index in [2.05, 4.69) is 11.1 Å². The number of fused-ring (bicyclic) bond motifs is 4. The van der Waals surface area contributed by atoms with Crippen molar-refractivity contribution in [3.8, 4) is 11.4 Å². The first-order valence-electron chi connectivity index (χ1n) is 10.2. The maximum atomic E-state index is 13.2. The number of piperidine rings is 1. The quantitative estimate of drug-likeness (QED) is 0.611. The number of aryl methyl sites for hydroxylation is 1. The van der Waals surface area contributed by atoms with Crippen molar-refractivity contribution < 1.29 is 4.79 Å². The number of imidazole rings is 1. The molecule has 1 fully saturated rings. The second-order valence-electron chi connectivity index (χ2n) is 8.19. The summed E-state index contributed by atoms with van der Waals surface area (Å²) >= 11 is 1.64. The Labute approximate surface area is 179 Å². The van der Waals surface area contributed by atoms with Gasteiger partial charge in [0.1, 0.15) is 5.82 Å². The van der Waals surface area contributed by atoms with Crippen molar-refractivity contribution in [3.05, 3.63) is 70.4 Å². The molecule has 154 valence electrons. The number of benzene rings is 1. The van der Waals surface area contributed by atoms with Crippen molar-refractivity contribution in [2.75, 3.05) is 19.3 Å². The van der Waals surface area contributed by atoms with Crippen LogP contribution in [0.25, 0.3) is 11.4 Å². The fourth-order valence-electron chi connectivity index (χ4n) is 4.85. The molecule has 5 rings (SSSR count). The Morgan fingerprint density at radius 3 is 2.80 bits per heavy atom. The molecule has 0 saturated carbocycles. The van der Waals surface area contributed by atoms with E-state index in [9.17, 15) is 9.59 Å². The zero-order chi connectivity index (χ0) is 20.8. The Bertz CT molecular complexity index is 1180. The zero-order valence-electron chi connectivity index (χ0n) is 17.1. The molecule has 7 heteroatoms. The first-order chi connectivity index (χ1) is 14.5. The minimum absolute atomic E-state index is 0.0175. The van der Waals surface area contributed by atoms with Crippen molar-refractivity contribution >= 4 is 17.7 Å². The van der Waals surface area contributed by atoms with E-state index >= 15 is 0 Å². The molecule has 6 nitrogen and oxygen atoms in total. The highest BCUT2D eigenvalue weighted by molar-refractivity contribution is 7.98. The normalized spacial score (nSPS) is 20.1. The van der Waals surface area contributed by atoms with Crippen LogP contribution in [-0.2, 0) is 13.6 Å². The zero-order valence-corrected chi connectivity index (χ0v) is 17.9. The van der Waals surface area contributed by atoms with Gasteiger partial charge in [-0.2, -0.15) is 0 Å². The number of likely N-dealkylation sites (tertiary alicyclic amines) is 1. The van der Waals surface area contributed by atoms with E-state index in [4.69, 9.17) is 0 Å². The highest BCUT2D eigenvalue weighted by atomic mass is 32.2. The number of thioether (sulfide) groups is 1. The van der Waals surface area contributed by atoms with E-state index in [0.29, 0.717) is 36.9 Å². The summed E-state index contributed by atoms with van der Waals surface area (Å²) in [7, 11) is 1.90. The molecule has 0 N–H and O–H groups in total. The molecular formula is C23H24N4O2S. The lowest BCUT2D eigenvalue weighted by Gasteiger charge is -2.43. The molecule has 4 heterocycles. The van der Waals surface area contributed by atoms with Crippen LogP contribution in [0.15, 0.2) is 58.5 Å². The molecular weight excluding hydrogens is 396 g/mol. The smallest absolute Gasteiger partial charge is 0.261 e. The van der Waals surface area contributed by atoms with E-state index in [1.165, 1.54) is 0 Å². The standard InChI is InChI=1S/C23H24N4O2S/c1-25-9-8-24-21(25)19-6-7-20-17-10-15(13-27(20)23(19)29)12-26(14-17)22(28)16-4-3-5-18(11-16)30-2/h3-9,11,15,17H,10,12-14H2,1-2H3/t15-,17+/m0/s1. The molecule has 2 aliphatic rings. The predicted octanol–water partition coefficient (Wildman–Crippen LogP) is 3.23. The number of hydrogen-bond donors (Lipinski definition) is 0. The fourth-order valence-corrected chi connectivity index (χ4v) is 5.31. The van der Waals surface area contributed by atoms with Crippen molar-refractivity contribution in [1.29, 1.82) is 0 Å². The van der Waals surface area contributed by atoms with Crippen molar-refractivity contribution in [2.24, 2.45) is 13.0 Å². The Hall–Kier alpha value is -2.80. The van der Waals surface area contributed by atoms with Crippen molar-refractivity contribution in [2.45, 2.75) is 23.8 Å². The molecule has 1 amide bonds. The maximum Gasteiger partial charge on any atom is 0.261 e. The van der Waals surface area contributed by atoms with Gasteiger partial charge in [0.05, 0.1) is 5.56 Å². The van der Waals surface area contributed by atoms with Crippen LogP contribution in [0.5, 0.6) is 0 Å². The Morgan fingerprint density at radius 1 is 1.17 bits per heavy atom. The van der Waals surface area contributed by atoms with E-state index < -0.39 is 0 Å². The molecule has 2 bridgehead atoms. The Kier molecular flexibility index (Phi) is 4.77. The topological polar surface area (TPSA) is 60.1 Å². The van der Waals surface area contributed by atoms with E-state index in [-0.39, 0.29) is 17.4 Å². The van der Waals surface area contributed by atoms with Crippen LogP contribution in [0, 0.1) is 5.92 Å². The number of amides is 1. The average Bonchev–Trinajstić information content (AvgIpc) is 3.19. The summed E-state index contributed by atoms with van der Waals surface area (Å²) < 4.78 is 3.79. The summed E-state index contributed by atoms with van der Waals surface area (Å²) in [6, 6.07) is 11.8. The lowest BCUT2D eigenvalue weighted by atomic mass is 9.82. The average molecular weight is 421 g/mol. The van der Waals surface area contributed by atoms with Gasteiger partial charge in [0, 0.05) is 61.1 Å². The number of pyridine rings is 1. The fraction of sp³-hybridized carbons (Fsp3) is 0.348. The van der Waals surface area contributed by atoms with Gasteiger partial charge in [0.2, 0.25) is 0 Å². The van der Waals surface area contributed by atoms with Gasteiger partial charge < -0.3 is 14.0 Å². The predicted molar refractivity (Wildman–Crippen MR) is 118 cm³/mol. The highest BCUT2D eigenvalue weighted by Crippen LogP contribution is 2.36. The van der Waals surface area contributed by atoms with Crippen molar-refractivity contribution in [3.63, 3.8) is 0 Å². The highest BCUT2D eigenvalue weighted by Gasteiger charge is 2.37. The van der Waals surface area contributed by atoms with Crippen LogP contribution < -0.4 is 5.56 Å². The van der Waals surface area contributed by atoms with Crippen LogP contribution >= 0.6 is 11.8 Å². The second kappa shape index (κ2) is 7.47. The van der Waals surface area contributed by atoms with E-state index in [0.717, 1.165) is 22.6 Å². The van der Waals surface area contributed by atoms with Gasteiger partial charge in [-0.1, -0.05) is 6.07 Å². The van der Waals surface area contributed by atoms with Crippen LogP contribution in [0.3, 0.4) is 0 Å². The molecule has 1 saturated heterocycles. The summed E-state index contributed by atoms with van der Waals surface area (Å²) in [6.45, 7) is 1.99. The lowest BCUT2D eigenvalue weighted by Crippen LogP contribution is -2.49. The third-order valence-electron chi connectivity index (χ3n) is 6.27. The lowest BCUT2D eigenvalue weighted by molar-refractivity contribution is 0.0594. The summed E-state index contributed by atoms with van der Waals surface area (Å²) in [5.74, 6) is 1.25. The van der Waals surface area contributed by atoms with Crippen LogP contribution in [0.4, 0.5) is 0 Å². The number of rotatable bonds is 3. The van der Waals surface area contributed by atoms with E-state index in [1.807, 2.05) is 63.9 Å². The first kappa shape index (κ1) is 19.2. The maximum absolute atomic E-state index is 13.2. The minimum atomic E-state index is 0.0175. The molecule has 2 atom stereocenters. The largest absolute Gasteiger partial charge is 0.338 e. The van der Waals surface area contributed by atoms with Crippen LogP contribution in [0.2, 0.25) is 0 Å². The number of hydrogen-bond acceptors (Lipinski definition) is 4. The van der Waals surface area contributed by atoms with Crippen LogP contribution in [0.1, 0.15) is 28.4 Å². The van der Waals surface area contributed by atoms with Gasteiger partial charge in [0.15, 0.2) is 0 Å². The second-order valence-corrected chi connectivity index (χ2v) is 9.07. The van der Waals surface area contributed by atoms with Gasteiger partial charge >= 0.3 is 0 Å².